The minimum Gasteiger partial charge on any atom is -0.320 e. The quantitative estimate of drug-likeness (QED) is 0.698. The van der Waals surface area contributed by atoms with Crippen LogP contribution in [0.15, 0.2) is 54.6 Å². The van der Waals surface area contributed by atoms with E-state index in [9.17, 15) is 13.2 Å². The average Bonchev–Trinajstić information content (AvgIpc) is 2.51. The first-order valence-corrected chi connectivity index (χ1v) is 6.46. The van der Waals surface area contributed by atoms with E-state index in [1.165, 1.54) is 6.07 Å². The van der Waals surface area contributed by atoms with Crippen LogP contribution >= 0.6 is 0 Å². The Morgan fingerprint density at radius 2 is 1.43 bits per heavy atom. The summed E-state index contributed by atoms with van der Waals surface area (Å²) in [7, 11) is 0. The van der Waals surface area contributed by atoms with Gasteiger partial charge >= 0.3 is 0 Å². The van der Waals surface area contributed by atoms with Gasteiger partial charge in [0.05, 0.1) is 6.04 Å². The zero-order valence-corrected chi connectivity index (χ0v) is 11.0. The van der Waals surface area contributed by atoms with Crippen molar-refractivity contribution in [3.8, 4) is 0 Å². The van der Waals surface area contributed by atoms with E-state index in [-0.39, 0.29) is 5.56 Å². The molecular weight excluding hydrogens is 275 g/mol. The molecule has 0 spiro atoms. The smallest absolute Gasteiger partial charge is 0.194 e. The van der Waals surface area contributed by atoms with Crippen LogP contribution in [0.2, 0.25) is 0 Å². The van der Waals surface area contributed by atoms with E-state index in [1.54, 1.807) is 12.1 Å². The van der Waals surface area contributed by atoms with Crippen LogP contribution in [0.4, 0.5) is 13.2 Å². The van der Waals surface area contributed by atoms with Crippen molar-refractivity contribution in [3.63, 3.8) is 0 Å². The van der Waals surface area contributed by atoms with Crippen molar-refractivity contribution in [1.82, 2.24) is 0 Å². The van der Waals surface area contributed by atoms with Crippen LogP contribution in [-0.4, -0.2) is 0 Å². The van der Waals surface area contributed by atoms with Gasteiger partial charge in [-0.1, -0.05) is 48.5 Å². The Hall–Kier alpha value is -2.33. The van der Waals surface area contributed by atoms with Crippen molar-refractivity contribution >= 4 is 10.8 Å². The Balaban J connectivity index is 2.17. The highest BCUT2D eigenvalue weighted by Gasteiger charge is 2.20. The summed E-state index contributed by atoms with van der Waals surface area (Å²) >= 11 is 0. The van der Waals surface area contributed by atoms with Crippen LogP contribution in [0, 0.1) is 17.5 Å². The summed E-state index contributed by atoms with van der Waals surface area (Å²) < 4.78 is 40.3. The monoisotopic (exact) mass is 287 g/mol. The second-order valence-corrected chi connectivity index (χ2v) is 4.81. The molecule has 0 bridgehead atoms. The Labute approximate surface area is 119 Å². The van der Waals surface area contributed by atoms with Gasteiger partial charge in [-0.05, 0) is 22.4 Å². The third kappa shape index (κ3) is 2.28. The third-order valence-electron chi connectivity index (χ3n) is 3.56. The average molecular weight is 287 g/mol. The van der Waals surface area contributed by atoms with Crippen LogP contribution in [-0.2, 0) is 0 Å². The third-order valence-corrected chi connectivity index (χ3v) is 3.56. The van der Waals surface area contributed by atoms with Crippen molar-refractivity contribution in [1.29, 1.82) is 0 Å². The van der Waals surface area contributed by atoms with E-state index < -0.39 is 23.5 Å². The van der Waals surface area contributed by atoms with Gasteiger partial charge < -0.3 is 5.73 Å². The fourth-order valence-corrected chi connectivity index (χ4v) is 2.47. The molecule has 3 rings (SSSR count). The van der Waals surface area contributed by atoms with Crippen molar-refractivity contribution in [3.05, 3.63) is 83.2 Å². The summed E-state index contributed by atoms with van der Waals surface area (Å²) in [6, 6.07) is 14.2. The molecule has 4 heteroatoms. The van der Waals surface area contributed by atoms with Gasteiger partial charge in [0.25, 0.3) is 0 Å². The number of nitrogens with two attached hydrogens (primary N) is 1. The SMILES string of the molecule is NC(c1ccc(F)c(F)c1F)c1cccc2ccccc12. The molecular formula is C17H12F3N. The second-order valence-electron chi connectivity index (χ2n) is 4.81. The Kier molecular flexibility index (Phi) is 3.39. The van der Waals surface area contributed by atoms with Crippen molar-refractivity contribution in [2.45, 2.75) is 6.04 Å². The number of hydrogen-bond donors (Lipinski definition) is 1. The molecule has 21 heavy (non-hydrogen) atoms. The van der Waals surface area contributed by atoms with E-state index >= 15 is 0 Å². The molecule has 3 aromatic rings. The first-order chi connectivity index (χ1) is 10.1. The normalized spacial score (nSPS) is 12.6. The molecule has 0 aliphatic rings. The Bertz CT molecular complexity index is 809. The van der Waals surface area contributed by atoms with Gasteiger partial charge in [-0.2, -0.15) is 0 Å². The maximum Gasteiger partial charge on any atom is 0.194 e. The highest BCUT2D eigenvalue weighted by atomic mass is 19.2. The summed E-state index contributed by atoms with van der Waals surface area (Å²) in [4.78, 5) is 0. The van der Waals surface area contributed by atoms with Gasteiger partial charge in [0.1, 0.15) is 0 Å². The van der Waals surface area contributed by atoms with E-state index in [4.69, 9.17) is 5.73 Å². The first-order valence-electron chi connectivity index (χ1n) is 6.46. The standard InChI is InChI=1S/C17H12F3N/c18-14-9-8-13(15(19)16(14)20)17(21)12-7-3-5-10-4-1-2-6-11(10)12/h1-9,17H,21H2. The summed E-state index contributed by atoms with van der Waals surface area (Å²) in [5.74, 6) is -3.96. The van der Waals surface area contributed by atoms with Gasteiger partial charge in [-0.15, -0.1) is 0 Å². The Morgan fingerprint density at radius 3 is 2.24 bits per heavy atom. The molecule has 0 fully saturated rings. The van der Waals surface area contributed by atoms with Crippen molar-refractivity contribution in [2.24, 2.45) is 5.73 Å². The summed E-state index contributed by atoms with van der Waals surface area (Å²) in [5.41, 5.74) is 6.67. The Morgan fingerprint density at radius 1 is 0.714 bits per heavy atom. The molecule has 1 atom stereocenters. The zero-order valence-electron chi connectivity index (χ0n) is 11.0. The molecule has 0 aliphatic heterocycles. The largest absolute Gasteiger partial charge is 0.320 e. The maximum absolute atomic E-state index is 13.9. The molecule has 106 valence electrons. The van der Waals surface area contributed by atoms with Gasteiger partial charge in [0.15, 0.2) is 17.5 Å². The summed E-state index contributed by atoms with van der Waals surface area (Å²) in [6.45, 7) is 0. The lowest BCUT2D eigenvalue weighted by Gasteiger charge is -2.16. The lowest BCUT2D eigenvalue weighted by molar-refractivity contribution is 0.438. The molecule has 0 heterocycles. The minimum absolute atomic E-state index is 0.0646. The van der Waals surface area contributed by atoms with Gasteiger partial charge in [-0.25, -0.2) is 13.2 Å². The summed E-state index contributed by atoms with van der Waals surface area (Å²) in [6.07, 6.45) is 0. The van der Waals surface area contributed by atoms with Gasteiger partial charge in [-0.3, -0.25) is 0 Å². The summed E-state index contributed by atoms with van der Waals surface area (Å²) in [5, 5.41) is 1.81. The molecule has 0 aromatic heterocycles. The van der Waals surface area contributed by atoms with Gasteiger partial charge in [0, 0.05) is 5.56 Å². The predicted octanol–water partition coefficient (Wildman–Crippen LogP) is 4.31. The number of benzene rings is 3. The second kappa shape index (κ2) is 5.22. The zero-order chi connectivity index (χ0) is 15.0. The van der Waals surface area contributed by atoms with E-state index in [1.807, 2.05) is 30.3 Å². The first kappa shape index (κ1) is 13.6. The van der Waals surface area contributed by atoms with Crippen LogP contribution < -0.4 is 5.73 Å². The number of rotatable bonds is 2. The number of halogens is 3. The topological polar surface area (TPSA) is 26.0 Å². The van der Waals surface area contributed by atoms with Crippen LogP contribution in [0.25, 0.3) is 10.8 Å². The van der Waals surface area contributed by atoms with E-state index in [0.29, 0.717) is 5.56 Å². The highest BCUT2D eigenvalue weighted by molar-refractivity contribution is 5.86. The molecule has 0 amide bonds. The van der Waals surface area contributed by atoms with Crippen molar-refractivity contribution in [2.75, 3.05) is 0 Å². The minimum atomic E-state index is -1.50. The van der Waals surface area contributed by atoms with E-state index in [2.05, 4.69) is 0 Å². The van der Waals surface area contributed by atoms with Crippen LogP contribution in [0.5, 0.6) is 0 Å². The molecule has 0 saturated heterocycles. The molecule has 0 saturated carbocycles. The van der Waals surface area contributed by atoms with Crippen LogP contribution in [0.3, 0.4) is 0 Å². The molecule has 1 nitrogen and oxygen atoms in total. The molecule has 1 unspecified atom stereocenters. The number of hydrogen-bond acceptors (Lipinski definition) is 1. The molecule has 2 N–H and O–H groups in total. The highest BCUT2D eigenvalue weighted by Crippen LogP contribution is 2.29. The predicted molar refractivity (Wildman–Crippen MR) is 76.3 cm³/mol. The number of fused-ring (bicyclic) bond motifs is 1. The van der Waals surface area contributed by atoms with Crippen LogP contribution in [0.1, 0.15) is 17.2 Å². The fraction of sp³-hybridized carbons (Fsp3) is 0.0588. The van der Waals surface area contributed by atoms with E-state index in [0.717, 1.165) is 16.8 Å². The maximum atomic E-state index is 13.9. The molecule has 0 aliphatic carbocycles. The lowest BCUT2D eigenvalue weighted by atomic mass is 9.94. The van der Waals surface area contributed by atoms with Crippen molar-refractivity contribution < 1.29 is 13.2 Å². The van der Waals surface area contributed by atoms with Gasteiger partial charge in [0.2, 0.25) is 0 Å². The molecule has 0 radical (unpaired) electrons. The fourth-order valence-electron chi connectivity index (χ4n) is 2.47. The lowest BCUT2D eigenvalue weighted by Crippen LogP contribution is -2.15. The molecule has 3 aromatic carbocycles.